The highest BCUT2D eigenvalue weighted by atomic mass is 19.1. The van der Waals surface area contributed by atoms with E-state index in [1.807, 2.05) is 11.8 Å². The molecule has 12 heteroatoms. The molecule has 3 aromatic rings. The van der Waals surface area contributed by atoms with Crippen LogP contribution < -0.4 is 14.5 Å². The molecule has 0 aliphatic carbocycles. The number of anilines is 2. The van der Waals surface area contributed by atoms with Crippen LogP contribution in [0.2, 0.25) is 0 Å². The Morgan fingerprint density at radius 3 is 2.86 bits per heavy atom. The molecule has 0 bridgehead atoms. The SMILES string of the molecule is CCc1c(F)ccc2cc(O)cc(N3Cc4nc(OCC56CCCN5CC(F)C6)nc(N5CCCOC(CO)C5)c4C3=O)c12. The molecular weight excluding hydrogens is 572 g/mol. The van der Waals surface area contributed by atoms with Crippen LogP contribution in [0, 0.1) is 5.82 Å². The summed E-state index contributed by atoms with van der Waals surface area (Å²) in [6.07, 6.45) is 1.91. The molecule has 3 fully saturated rings. The molecule has 44 heavy (non-hydrogen) atoms. The van der Waals surface area contributed by atoms with E-state index in [0.717, 1.165) is 19.4 Å². The minimum atomic E-state index is -0.899. The lowest BCUT2D eigenvalue weighted by atomic mass is 9.95. The summed E-state index contributed by atoms with van der Waals surface area (Å²) < 4.78 is 41.4. The molecule has 2 aromatic carbocycles. The number of aliphatic hydroxyl groups is 1. The first-order valence-corrected chi connectivity index (χ1v) is 15.5. The Hall–Kier alpha value is -3.61. The first kappa shape index (κ1) is 29.1. The molecule has 1 aromatic heterocycles. The lowest BCUT2D eigenvalue weighted by molar-refractivity contribution is 0.0266. The zero-order chi connectivity index (χ0) is 30.6. The number of rotatable bonds is 7. The van der Waals surface area contributed by atoms with Crippen LogP contribution in [0.5, 0.6) is 11.8 Å². The van der Waals surface area contributed by atoms with Gasteiger partial charge in [-0.3, -0.25) is 9.69 Å². The predicted molar refractivity (Wildman–Crippen MR) is 160 cm³/mol. The number of aryl methyl sites for hydroxylation is 1. The van der Waals surface area contributed by atoms with Crippen LogP contribution in [0.25, 0.3) is 10.8 Å². The van der Waals surface area contributed by atoms with Gasteiger partial charge in [0.25, 0.3) is 5.91 Å². The molecule has 4 aliphatic rings. The number of hydrogen-bond donors (Lipinski definition) is 2. The highest BCUT2D eigenvalue weighted by Gasteiger charge is 2.49. The van der Waals surface area contributed by atoms with E-state index in [9.17, 15) is 23.8 Å². The molecule has 5 heterocycles. The number of nitrogens with zero attached hydrogens (tertiary/aromatic N) is 5. The summed E-state index contributed by atoms with van der Waals surface area (Å²) in [4.78, 5) is 29.3. The van der Waals surface area contributed by atoms with Gasteiger partial charge < -0.3 is 29.5 Å². The first-order chi connectivity index (χ1) is 21.3. The Kier molecular flexibility index (Phi) is 7.54. The number of benzene rings is 2. The summed E-state index contributed by atoms with van der Waals surface area (Å²) in [5.74, 6) is -0.418. The number of phenolic OH excluding ortho intramolecular Hbond substituents is 1. The van der Waals surface area contributed by atoms with E-state index >= 15 is 0 Å². The summed E-state index contributed by atoms with van der Waals surface area (Å²) in [6, 6.07) is 6.12. The zero-order valence-electron chi connectivity index (χ0n) is 24.8. The summed E-state index contributed by atoms with van der Waals surface area (Å²) >= 11 is 0. The van der Waals surface area contributed by atoms with Crippen LogP contribution in [0.1, 0.15) is 54.2 Å². The van der Waals surface area contributed by atoms with Crippen molar-refractivity contribution in [2.45, 2.75) is 63.4 Å². The van der Waals surface area contributed by atoms with Crippen molar-refractivity contribution >= 4 is 28.2 Å². The van der Waals surface area contributed by atoms with Gasteiger partial charge in [-0.1, -0.05) is 13.0 Å². The van der Waals surface area contributed by atoms with Gasteiger partial charge in [-0.25, -0.2) is 8.78 Å². The fourth-order valence-electron chi connectivity index (χ4n) is 7.53. The number of carbonyl (C=O) groups excluding carboxylic acids is 1. The highest BCUT2D eigenvalue weighted by molar-refractivity contribution is 6.16. The summed E-state index contributed by atoms with van der Waals surface area (Å²) in [6.45, 7) is 4.51. The van der Waals surface area contributed by atoms with E-state index in [1.165, 1.54) is 17.0 Å². The Bertz CT molecular complexity index is 1610. The van der Waals surface area contributed by atoms with Crippen molar-refractivity contribution in [3.8, 4) is 11.8 Å². The molecule has 7 rings (SSSR count). The number of ether oxygens (including phenoxy) is 2. The Balaban J connectivity index is 1.30. The quantitative estimate of drug-likeness (QED) is 0.414. The lowest BCUT2D eigenvalue weighted by Gasteiger charge is -2.31. The van der Waals surface area contributed by atoms with E-state index < -0.39 is 17.8 Å². The van der Waals surface area contributed by atoms with Gasteiger partial charge >= 0.3 is 6.01 Å². The van der Waals surface area contributed by atoms with Crippen LogP contribution in [-0.2, 0) is 17.7 Å². The molecule has 4 aliphatic heterocycles. The second-order valence-electron chi connectivity index (χ2n) is 12.3. The number of phenols is 1. The van der Waals surface area contributed by atoms with Gasteiger partial charge in [0.1, 0.15) is 35.7 Å². The van der Waals surface area contributed by atoms with Crippen molar-refractivity contribution in [3.05, 3.63) is 46.9 Å². The Labute approximate surface area is 254 Å². The smallest absolute Gasteiger partial charge is 0.318 e. The molecular formula is C32H37F2N5O5. The number of fused-ring (bicyclic) bond motifs is 3. The van der Waals surface area contributed by atoms with Crippen LogP contribution in [-0.4, -0.2) is 94.8 Å². The minimum absolute atomic E-state index is 0.0428. The molecule has 0 spiro atoms. The molecule has 234 valence electrons. The van der Waals surface area contributed by atoms with Gasteiger partial charge in [0.15, 0.2) is 0 Å². The number of alkyl halides is 1. The topological polar surface area (TPSA) is 111 Å². The van der Waals surface area contributed by atoms with Crippen LogP contribution in [0.4, 0.5) is 20.3 Å². The maximum atomic E-state index is 15.0. The van der Waals surface area contributed by atoms with E-state index in [1.54, 1.807) is 12.1 Å². The Morgan fingerprint density at radius 2 is 2.05 bits per heavy atom. The Morgan fingerprint density at radius 1 is 1.18 bits per heavy atom. The largest absolute Gasteiger partial charge is 0.508 e. The van der Waals surface area contributed by atoms with Gasteiger partial charge in [0, 0.05) is 44.1 Å². The van der Waals surface area contributed by atoms with Crippen molar-refractivity contribution in [2.24, 2.45) is 0 Å². The number of aromatic nitrogens is 2. The second kappa shape index (κ2) is 11.4. The van der Waals surface area contributed by atoms with Gasteiger partial charge in [0.2, 0.25) is 0 Å². The molecule has 1 amide bonds. The van der Waals surface area contributed by atoms with E-state index in [2.05, 4.69) is 4.90 Å². The summed E-state index contributed by atoms with van der Waals surface area (Å²) in [5.41, 5.74) is 1.19. The van der Waals surface area contributed by atoms with Gasteiger partial charge in [-0.2, -0.15) is 9.97 Å². The number of halogens is 2. The number of amides is 1. The third-order valence-electron chi connectivity index (χ3n) is 9.57. The van der Waals surface area contributed by atoms with Crippen molar-refractivity contribution in [1.29, 1.82) is 0 Å². The van der Waals surface area contributed by atoms with Crippen molar-refractivity contribution in [3.63, 3.8) is 0 Å². The number of carbonyl (C=O) groups is 1. The zero-order valence-corrected chi connectivity index (χ0v) is 24.8. The molecule has 3 atom stereocenters. The summed E-state index contributed by atoms with van der Waals surface area (Å²) in [7, 11) is 0. The third-order valence-corrected chi connectivity index (χ3v) is 9.57. The lowest BCUT2D eigenvalue weighted by Crippen LogP contribution is -2.43. The maximum Gasteiger partial charge on any atom is 0.318 e. The molecule has 2 N–H and O–H groups in total. The fraction of sp³-hybridized carbons (Fsp3) is 0.531. The van der Waals surface area contributed by atoms with Crippen molar-refractivity contribution in [2.75, 3.05) is 55.8 Å². The maximum absolute atomic E-state index is 15.0. The van der Waals surface area contributed by atoms with Gasteiger partial charge in [-0.05, 0) is 55.3 Å². The van der Waals surface area contributed by atoms with E-state index in [-0.39, 0.29) is 43.2 Å². The average molecular weight is 610 g/mol. The van der Waals surface area contributed by atoms with Gasteiger partial charge in [0.05, 0.1) is 36.2 Å². The average Bonchev–Trinajstić information content (AvgIpc) is 3.57. The second-order valence-corrected chi connectivity index (χ2v) is 12.3. The first-order valence-electron chi connectivity index (χ1n) is 15.5. The standard InChI is InChI=1S/C32H37F2N5O5/c1-2-23-24(34)6-5-19-11-21(41)12-26(27(19)23)39-16-25-28(30(39)42)29(37-8-4-10-43-22(15-37)17-40)36-31(35-25)44-18-32-7-3-9-38(32)14-20(33)13-32/h5-6,11-12,20,22,40-41H,2-4,7-10,13-18H2,1H3. The van der Waals surface area contributed by atoms with Crippen LogP contribution in [0.15, 0.2) is 24.3 Å². The van der Waals surface area contributed by atoms with Crippen molar-refractivity contribution in [1.82, 2.24) is 14.9 Å². The number of aromatic hydroxyl groups is 1. The van der Waals surface area contributed by atoms with E-state index in [4.69, 9.17) is 19.4 Å². The number of hydrogen-bond acceptors (Lipinski definition) is 9. The normalized spacial score (nSPS) is 25.5. The van der Waals surface area contributed by atoms with Crippen LogP contribution in [0.3, 0.4) is 0 Å². The molecule has 0 radical (unpaired) electrons. The van der Waals surface area contributed by atoms with Gasteiger partial charge in [-0.15, -0.1) is 0 Å². The highest BCUT2D eigenvalue weighted by Crippen LogP contribution is 2.43. The monoisotopic (exact) mass is 609 g/mol. The molecule has 3 unspecified atom stereocenters. The van der Waals surface area contributed by atoms with Crippen LogP contribution >= 0.6 is 0 Å². The van der Waals surface area contributed by atoms with E-state index in [0.29, 0.717) is 84.6 Å². The molecule has 10 nitrogen and oxygen atoms in total. The third kappa shape index (κ3) is 4.93. The summed E-state index contributed by atoms with van der Waals surface area (Å²) in [5, 5.41) is 21.7. The predicted octanol–water partition coefficient (Wildman–Crippen LogP) is 3.74. The fourth-order valence-corrected chi connectivity index (χ4v) is 7.53. The van der Waals surface area contributed by atoms with Crippen molar-refractivity contribution < 1.29 is 33.3 Å². The number of aliphatic hydroxyl groups excluding tert-OH is 1. The minimum Gasteiger partial charge on any atom is -0.508 e. The molecule has 3 saturated heterocycles. The molecule has 0 saturated carbocycles.